The average Bonchev–Trinajstić information content (AvgIpc) is 2.12. The fourth-order valence-electron chi connectivity index (χ4n) is 0.738. The van der Waals surface area contributed by atoms with Gasteiger partial charge >= 0.3 is 0 Å². The van der Waals surface area contributed by atoms with Gasteiger partial charge in [-0.1, -0.05) is 0 Å². The summed E-state index contributed by atoms with van der Waals surface area (Å²) in [7, 11) is -3.43. The third-order valence-corrected chi connectivity index (χ3v) is 2.00. The minimum Gasteiger partial charge on any atom is -0.283 e. The van der Waals surface area contributed by atoms with Gasteiger partial charge in [-0.15, -0.1) is 0 Å². The summed E-state index contributed by atoms with van der Waals surface area (Å²) in [5, 5.41) is 11.1. The number of nitrogens with zero attached hydrogens (tertiary/aromatic N) is 1. The van der Waals surface area contributed by atoms with E-state index in [1.807, 2.05) is 0 Å². The Morgan fingerprint density at radius 2 is 2.36 bits per heavy atom. The Kier molecular flexibility index (Phi) is 1.97. The van der Waals surface area contributed by atoms with Gasteiger partial charge in [0.05, 0.1) is 11.9 Å². The molecule has 0 bridgehead atoms. The number of nitrogens with two attached hydrogens (primary N) is 1. The monoisotopic (exact) mass is 175 g/mol. The Balaban J connectivity index is 2.89. The van der Waals surface area contributed by atoms with Crippen LogP contribution in [0, 0.1) is 6.92 Å². The number of sulfonamides is 1. The molecule has 0 aliphatic rings. The van der Waals surface area contributed by atoms with Crippen molar-refractivity contribution >= 4 is 10.0 Å². The fraction of sp³-hybridized carbons (Fsp3) is 0.400. The van der Waals surface area contributed by atoms with Crippen molar-refractivity contribution in [1.82, 2.24) is 10.2 Å². The first-order chi connectivity index (χ1) is 4.99. The van der Waals surface area contributed by atoms with Crippen LogP contribution in [0.2, 0.25) is 0 Å². The summed E-state index contributed by atoms with van der Waals surface area (Å²) in [6.07, 6.45) is 1.46. The van der Waals surface area contributed by atoms with Crippen LogP contribution in [0.25, 0.3) is 0 Å². The maximum absolute atomic E-state index is 10.6. The second-order valence-electron chi connectivity index (χ2n) is 2.33. The van der Waals surface area contributed by atoms with E-state index in [0.29, 0.717) is 5.56 Å². The Labute approximate surface area is 64.7 Å². The molecule has 0 fully saturated rings. The van der Waals surface area contributed by atoms with Gasteiger partial charge in [-0.25, -0.2) is 13.6 Å². The predicted molar refractivity (Wildman–Crippen MR) is 40.1 cm³/mol. The Morgan fingerprint density at radius 3 is 2.73 bits per heavy atom. The quantitative estimate of drug-likeness (QED) is 0.635. The molecule has 0 aliphatic heterocycles. The van der Waals surface area contributed by atoms with Crippen LogP contribution in [-0.2, 0) is 15.8 Å². The van der Waals surface area contributed by atoms with Gasteiger partial charge in [-0.05, 0) is 6.92 Å². The molecule has 0 aliphatic carbocycles. The highest BCUT2D eigenvalue weighted by Gasteiger charge is 2.08. The first kappa shape index (κ1) is 8.22. The molecule has 0 radical (unpaired) electrons. The second-order valence-corrected chi connectivity index (χ2v) is 3.94. The van der Waals surface area contributed by atoms with E-state index in [0.717, 1.165) is 5.69 Å². The third kappa shape index (κ3) is 2.32. The van der Waals surface area contributed by atoms with Crippen molar-refractivity contribution in [1.29, 1.82) is 0 Å². The smallest absolute Gasteiger partial charge is 0.213 e. The van der Waals surface area contributed by atoms with Crippen molar-refractivity contribution in [3.63, 3.8) is 0 Å². The minimum atomic E-state index is -3.43. The number of aromatic amines is 1. The second kappa shape index (κ2) is 2.63. The van der Waals surface area contributed by atoms with Gasteiger partial charge in [-0.2, -0.15) is 5.10 Å². The molecule has 0 aromatic carbocycles. The molecular weight excluding hydrogens is 166 g/mol. The van der Waals surface area contributed by atoms with Crippen LogP contribution >= 0.6 is 0 Å². The molecule has 0 unspecified atom stereocenters. The number of rotatable bonds is 2. The highest BCUT2D eigenvalue weighted by atomic mass is 32.2. The molecular formula is C5H9N3O2S. The molecule has 1 aromatic heterocycles. The van der Waals surface area contributed by atoms with Gasteiger partial charge in [0.15, 0.2) is 0 Å². The van der Waals surface area contributed by atoms with Crippen LogP contribution in [0.4, 0.5) is 0 Å². The molecule has 1 heterocycles. The van der Waals surface area contributed by atoms with Gasteiger partial charge in [0.2, 0.25) is 10.0 Å². The summed E-state index contributed by atoms with van der Waals surface area (Å²) in [6.45, 7) is 1.74. The summed E-state index contributed by atoms with van der Waals surface area (Å²) in [6, 6.07) is 0. The highest BCUT2D eigenvalue weighted by molar-refractivity contribution is 7.88. The van der Waals surface area contributed by atoms with Crippen LogP contribution in [-0.4, -0.2) is 18.6 Å². The van der Waals surface area contributed by atoms with Crippen molar-refractivity contribution in [2.75, 3.05) is 0 Å². The number of nitrogens with one attached hydrogen (secondary N) is 1. The number of aryl methyl sites for hydroxylation is 1. The molecule has 3 N–H and O–H groups in total. The van der Waals surface area contributed by atoms with Gasteiger partial charge in [0.1, 0.15) is 0 Å². The van der Waals surface area contributed by atoms with E-state index in [-0.39, 0.29) is 5.75 Å². The van der Waals surface area contributed by atoms with Crippen LogP contribution < -0.4 is 5.14 Å². The van der Waals surface area contributed by atoms with Gasteiger partial charge in [0.25, 0.3) is 0 Å². The van der Waals surface area contributed by atoms with Gasteiger partial charge in [0, 0.05) is 11.3 Å². The molecule has 1 aromatic rings. The number of aromatic nitrogens is 2. The molecule has 0 saturated carbocycles. The van der Waals surface area contributed by atoms with Crippen molar-refractivity contribution in [3.8, 4) is 0 Å². The van der Waals surface area contributed by atoms with Crippen molar-refractivity contribution in [3.05, 3.63) is 17.5 Å². The fourth-order valence-corrected chi connectivity index (χ4v) is 1.46. The summed E-state index contributed by atoms with van der Waals surface area (Å²) < 4.78 is 21.2. The van der Waals surface area contributed by atoms with Crippen molar-refractivity contribution in [2.45, 2.75) is 12.7 Å². The first-order valence-corrected chi connectivity index (χ1v) is 4.70. The number of hydrogen-bond donors (Lipinski definition) is 2. The predicted octanol–water partition coefficient (Wildman–Crippen LogP) is -0.493. The van der Waals surface area contributed by atoms with Crippen LogP contribution in [0.3, 0.4) is 0 Å². The zero-order valence-electron chi connectivity index (χ0n) is 6.03. The largest absolute Gasteiger partial charge is 0.283 e. The summed E-state index contributed by atoms with van der Waals surface area (Å²) in [4.78, 5) is 0. The van der Waals surface area contributed by atoms with E-state index in [9.17, 15) is 8.42 Å². The minimum absolute atomic E-state index is 0.157. The topological polar surface area (TPSA) is 88.8 Å². The standard InChI is InChI=1S/C5H9N3O2S/c1-4-5(2-7-8-4)3-11(6,9)10/h2H,3H2,1H3,(H,7,8)(H2,6,9,10). The Hall–Kier alpha value is -0.880. The molecule has 6 heteroatoms. The van der Waals surface area contributed by atoms with Gasteiger partial charge in [-0.3, -0.25) is 5.10 Å². The zero-order chi connectivity index (χ0) is 8.48. The van der Waals surface area contributed by atoms with Crippen LogP contribution in [0.5, 0.6) is 0 Å². The molecule has 0 spiro atoms. The van der Waals surface area contributed by atoms with Gasteiger partial charge < -0.3 is 0 Å². The lowest BCUT2D eigenvalue weighted by molar-refractivity contribution is 0.597. The van der Waals surface area contributed by atoms with E-state index in [1.54, 1.807) is 6.92 Å². The van der Waals surface area contributed by atoms with E-state index < -0.39 is 10.0 Å². The number of hydrogen-bond acceptors (Lipinski definition) is 3. The van der Waals surface area contributed by atoms with E-state index in [2.05, 4.69) is 10.2 Å². The van der Waals surface area contributed by atoms with E-state index in [4.69, 9.17) is 5.14 Å². The molecule has 0 saturated heterocycles. The van der Waals surface area contributed by atoms with E-state index >= 15 is 0 Å². The Bertz CT molecular complexity index is 340. The maximum atomic E-state index is 10.6. The zero-order valence-corrected chi connectivity index (χ0v) is 6.85. The molecule has 62 valence electrons. The third-order valence-electron chi connectivity index (χ3n) is 1.29. The summed E-state index contributed by atoms with van der Waals surface area (Å²) in [5.74, 6) is -0.157. The Morgan fingerprint density at radius 1 is 1.73 bits per heavy atom. The SMILES string of the molecule is Cc1[nH]ncc1CS(N)(=O)=O. The molecule has 0 amide bonds. The lowest BCUT2D eigenvalue weighted by atomic mass is 10.3. The van der Waals surface area contributed by atoms with Crippen LogP contribution in [0.1, 0.15) is 11.3 Å². The van der Waals surface area contributed by atoms with Crippen molar-refractivity contribution < 1.29 is 8.42 Å². The normalized spacial score (nSPS) is 11.8. The van der Waals surface area contributed by atoms with E-state index in [1.165, 1.54) is 6.20 Å². The number of H-pyrrole nitrogens is 1. The number of primary sulfonamides is 1. The summed E-state index contributed by atoms with van der Waals surface area (Å²) >= 11 is 0. The molecule has 1 rings (SSSR count). The van der Waals surface area contributed by atoms with Crippen LogP contribution in [0.15, 0.2) is 6.20 Å². The summed E-state index contributed by atoms with van der Waals surface area (Å²) in [5.41, 5.74) is 1.35. The molecule has 0 atom stereocenters. The lowest BCUT2D eigenvalue weighted by Gasteiger charge is -1.94. The molecule has 5 nitrogen and oxygen atoms in total. The van der Waals surface area contributed by atoms with Crippen molar-refractivity contribution in [2.24, 2.45) is 5.14 Å². The molecule has 11 heavy (non-hydrogen) atoms. The lowest BCUT2D eigenvalue weighted by Crippen LogP contribution is -2.14. The maximum Gasteiger partial charge on any atom is 0.213 e. The highest BCUT2D eigenvalue weighted by Crippen LogP contribution is 2.05. The average molecular weight is 175 g/mol. The first-order valence-electron chi connectivity index (χ1n) is 2.98.